The summed E-state index contributed by atoms with van der Waals surface area (Å²) in [5, 5.41) is 0. The molecule has 0 radical (unpaired) electrons. The Hall–Kier alpha value is -1.55. The predicted molar refractivity (Wildman–Crippen MR) is 63.5 cm³/mol. The molecule has 0 amide bonds. The van der Waals surface area contributed by atoms with Crippen LogP contribution < -0.4 is 11.5 Å². The molecule has 0 saturated carbocycles. The smallest absolute Gasteiger partial charge is 0.408 e. The Bertz CT molecular complexity index is 527. The summed E-state index contributed by atoms with van der Waals surface area (Å²) in [4.78, 5) is 11.8. The van der Waals surface area contributed by atoms with Crippen molar-refractivity contribution in [1.29, 1.82) is 0 Å². The first-order chi connectivity index (χ1) is 7.77. The number of oxazole rings is 1. The molecule has 1 aromatic carbocycles. The van der Waals surface area contributed by atoms with Crippen LogP contribution in [0.4, 0.5) is 0 Å². The van der Waals surface area contributed by atoms with Crippen molar-refractivity contribution in [2.75, 3.05) is 6.54 Å². The van der Waals surface area contributed by atoms with Gasteiger partial charge in [-0.1, -0.05) is 19.1 Å². The normalized spacial score (nSPS) is 13.1. The van der Waals surface area contributed by atoms with Gasteiger partial charge in [-0.15, -0.1) is 0 Å². The first kappa shape index (κ1) is 11.0. The molecular formula is C12H16N2O2. The summed E-state index contributed by atoms with van der Waals surface area (Å²) >= 11 is 0. The highest BCUT2D eigenvalue weighted by molar-refractivity contribution is 5.72. The van der Waals surface area contributed by atoms with Crippen LogP contribution in [0.2, 0.25) is 0 Å². The average Bonchev–Trinajstić information content (AvgIpc) is 2.62. The van der Waals surface area contributed by atoms with Crippen molar-refractivity contribution < 1.29 is 4.42 Å². The Morgan fingerprint density at radius 2 is 2.19 bits per heavy atom. The fourth-order valence-electron chi connectivity index (χ4n) is 2.04. The van der Waals surface area contributed by atoms with Crippen molar-refractivity contribution in [2.24, 2.45) is 5.73 Å². The largest absolute Gasteiger partial charge is 0.420 e. The molecule has 86 valence electrons. The molecule has 1 unspecified atom stereocenters. The van der Waals surface area contributed by atoms with E-state index in [0.717, 1.165) is 18.4 Å². The molecule has 0 bridgehead atoms. The molecule has 0 fully saturated rings. The van der Waals surface area contributed by atoms with Crippen LogP contribution >= 0.6 is 0 Å². The van der Waals surface area contributed by atoms with Crippen LogP contribution in [-0.4, -0.2) is 11.1 Å². The first-order valence-corrected chi connectivity index (χ1v) is 5.58. The van der Waals surface area contributed by atoms with Crippen LogP contribution in [0.3, 0.4) is 0 Å². The van der Waals surface area contributed by atoms with Gasteiger partial charge in [0.2, 0.25) is 0 Å². The number of benzene rings is 1. The summed E-state index contributed by atoms with van der Waals surface area (Å²) < 4.78 is 6.91. The average molecular weight is 220 g/mol. The maximum atomic E-state index is 11.8. The minimum atomic E-state index is -0.290. The van der Waals surface area contributed by atoms with E-state index >= 15 is 0 Å². The van der Waals surface area contributed by atoms with E-state index < -0.39 is 0 Å². The molecule has 4 nitrogen and oxygen atoms in total. The molecule has 1 atom stereocenters. The molecule has 0 spiro atoms. The minimum absolute atomic E-state index is 0.126. The summed E-state index contributed by atoms with van der Waals surface area (Å²) in [5.74, 6) is -0.290. The lowest BCUT2D eigenvalue weighted by atomic mass is 10.1. The monoisotopic (exact) mass is 220 g/mol. The minimum Gasteiger partial charge on any atom is -0.408 e. The Balaban J connectivity index is 2.57. The van der Waals surface area contributed by atoms with E-state index in [2.05, 4.69) is 6.92 Å². The van der Waals surface area contributed by atoms with E-state index in [9.17, 15) is 4.79 Å². The molecule has 2 N–H and O–H groups in total. The molecule has 0 aliphatic carbocycles. The lowest BCUT2D eigenvalue weighted by Crippen LogP contribution is -2.22. The van der Waals surface area contributed by atoms with Gasteiger partial charge in [0, 0.05) is 6.04 Å². The van der Waals surface area contributed by atoms with Crippen LogP contribution in [-0.2, 0) is 0 Å². The number of hydrogen-bond donors (Lipinski definition) is 1. The third-order valence-electron chi connectivity index (χ3n) is 2.86. The fraction of sp³-hybridized carbons (Fsp3) is 0.417. The topological polar surface area (TPSA) is 61.2 Å². The summed E-state index contributed by atoms with van der Waals surface area (Å²) in [6, 6.07) is 7.60. The van der Waals surface area contributed by atoms with Gasteiger partial charge in [-0.25, -0.2) is 4.79 Å². The summed E-state index contributed by atoms with van der Waals surface area (Å²) in [6.45, 7) is 2.62. The summed E-state index contributed by atoms with van der Waals surface area (Å²) in [6.07, 6.45) is 1.67. The Morgan fingerprint density at radius 3 is 2.88 bits per heavy atom. The van der Waals surface area contributed by atoms with Crippen LogP contribution in [0.1, 0.15) is 25.8 Å². The third kappa shape index (κ3) is 1.76. The van der Waals surface area contributed by atoms with Gasteiger partial charge in [0.25, 0.3) is 0 Å². The van der Waals surface area contributed by atoms with Crippen molar-refractivity contribution in [3.63, 3.8) is 0 Å². The standard InChI is InChI=1S/C12H16N2O2/c1-2-9(7-8-13)14-10-5-3-4-6-11(10)16-12(14)15/h3-6,9H,2,7-8,13H2,1H3. The zero-order chi connectivity index (χ0) is 11.5. The number of nitrogens with zero attached hydrogens (tertiary/aromatic N) is 1. The summed E-state index contributed by atoms with van der Waals surface area (Å²) in [5.41, 5.74) is 7.06. The van der Waals surface area contributed by atoms with E-state index in [-0.39, 0.29) is 11.8 Å². The maximum Gasteiger partial charge on any atom is 0.420 e. The van der Waals surface area contributed by atoms with Gasteiger partial charge in [0.15, 0.2) is 5.58 Å². The molecular weight excluding hydrogens is 204 g/mol. The van der Waals surface area contributed by atoms with Gasteiger partial charge in [-0.2, -0.15) is 0 Å². The Labute approximate surface area is 93.7 Å². The van der Waals surface area contributed by atoms with Gasteiger partial charge < -0.3 is 10.2 Å². The predicted octanol–water partition coefficient (Wildman–Crippen LogP) is 1.89. The lowest BCUT2D eigenvalue weighted by molar-refractivity contribution is 0.413. The van der Waals surface area contributed by atoms with Crippen LogP contribution in [0.15, 0.2) is 33.5 Å². The molecule has 1 heterocycles. The maximum absolute atomic E-state index is 11.8. The van der Waals surface area contributed by atoms with Crippen molar-refractivity contribution in [3.05, 3.63) is 34.8 Å². The number of nitrogens with two attached hydrogens (primary N) is 1. The first-order valence-electron chi connectivity index (χ1n) is 5.58. The highest BCUT2D eigenvalue weighted by Crippen LogP contribution is 2.20. The van der Waals surface area contributed by atoms with Crippen LogP contribution in [0.25, 0.3) is 11.1 Å². The third-order valence-corrected chi connectivity index (χ3v) is 2.86. The fourth-order valence-corrected chi connectivity index (χ4v) is 2.04. The molecule has 2 aromatic rings. The summed E-state index contributed by atoms with van der Waals surface area (Å²) in [7, 11) is 0. The molecule has 1 aromatic heterocycles. The molecule has 4 heteroatoms. The zero-order valence-electron chi connectivity index (χ0n) is 9.35. The van der Waals surface area contributed by atoms with E-state index in [1.54, 1.807) is 4.57 Å². The van der Waals surface area contributed by atoms with Crippen LogP contribution in [0, 0.1) is 0 Å². The second kappa shape index (κ2) is 4.53. The molecule has 0 saturated heterocycles. The SMILES string of the molecule is CCC(CCN)n1c(=O)oc2ccccc21. The van der Waals surface area contributed by atoms with E-state index in [0.29, 0.717) is 12.1 Å². The van der Waals surface area contributed by atoms with Crippen molar-refractivity contribution in [2.45, 2.75) is 25.8 Å². The molecule has 16 heavy (non-hydrogen) atoms. The van der Waals surface area contributed by atoms with Gasteiger partial charge in [-0.3, -0.25) is 4.57 Å². The highest BCUT2D eigenvalue weighted by Gasteiger charge is 2.15. The number of fused-ring (bicyclic) bond motifs is 1. The number of aromatic nitrogens is 1. The second-order valence-corrected chi connectivity index (χ2v) is 3.85. The highest BCUT2D eigenvalue weighted by atomic mass is 16.4. The van der Waals surface area contributed by atoms with Gasteiger partial charge >= 0.3 is 5.76 Å². The lowest BCUT2D eigenvalue weighted by Gasteiger charge is -2.14. The van der Waals surface area contributed by atoms with E-state index in [4.69, 9.17) is 10.2 Å². The number of para-hydroxylation sites is 2. The van der Waals surface area contributed by atoms with Crippen LogP contribution in [0.5, 0.6) is 0 Å². The van der Waals surface area contributed by atoms with Crippen molar-refractivity contribution in [1.82, 2.24) is 4.57 Å². The quantitative estimate of drug-likeness (QED) is 0.855. The van der Waals surface area contributed by atoms with E-state index in [1.807, 2.05) is 24.3 Å². The van der Waals surface area contributed by atoms with Crippen molar-refractivity contribution >= 4 is 11.1 Å². The zero-order valence-corrected chi connectivity index (χ0v) is 9.35. The molecule has 0 aliphatic heterocycles. The van der Waals surface area contributed by atoms with E-state index in [1.165, 1.54) is 0 Å². The van der Waals surface area contributed by atoms with Gasteiger partial charge in [0.1, 0.15) is 0 Å². The Morgan fingerprint density at radius 1 is 1.44 bits per heavy atom. The molecule has 2 rings (SSSR count). The number of rotatable bonds is 4. The van der Waals surface area contributed by atoms with Gasteiger partial charge in [0.05, 0.1) is 5.52 Å². The molecule has 0 aliphatic rings. The van der Waals surface area contributed by atoms with Gasteiger partial charge in [-0.05, 0) is 31.5 Å². The van der Waals surface area contributed by atoms with Crippen molar-refractivity contribution in [3.8, 4) is 0 Å². The second-order valence-electron chi connectivity index (χ2n) is 3.85. The number of hydrogen-bond acceptors (Lipinski definition) is 3. The Kier molecular flexibility index (Phi) is 3.10.